The average Bonchev–Trinajstić information content (AvgIpc) is 3.13. The molecule has 13 heteroatoms. The van der Waals surface area contributed by atoms with Crippen molar-refractivity contribution >= 4 is 67.7 Å². The molecular formula is C43H60ClN5O6S. The van der Waals surface area contributed by atoms with Crippen molar-refractivity contribution in [3.8, 4) is 5.75 Å². The molecule has 0 spiro atoms. The minimum Gasteiger partial charge on any atom is -0.480 e. The summed E-state index contributed by atoms with van der Waals surface area (Å²) in [6, 6.07) is 16.3. The number of halogens is 1. The highest BCUT2D eigenvalue weighted by Crippen LogP contribution is 2.39. The molecule has 0 bridgehead atoms. The number of amides is 2. The Labute approximate surface area is 339 Å². The highest BCUT2D eigenvalue weighted by Gasteiger charge is 2.29. The van der Waals surface area contributed by atoms with Crippen molar-refractivity contribution in [1.29, 1.82) is 0 Å². The first kappa shape index (κ1) is 46.1. The van der Waals surface area contributed by atoms with Crippen LogP contribution < -0.4 is 25.0 Å². The number of anilines is 3. The molecule has 0 saturated carbocycles. The van der Waals surface area contributed by atoms with Crippen LogP contribution in [0.15, 0.2) is 59.6 Å². The number of hydrogen-bond acceptors (Lipinski definition) is 8. The lowest BCUT2D eigenvalue weighted by molar-refractivity contribution is -0.123. The molecule has 0 radical (unpaired) electrons. The maximum absolute atomic E-state index is 13.7. The number of ether oxygens (including phenoxy) is 1. The highest BCUT2D eigenvalue weighted by molar-refractivity contribution is 7.88. The number of sulfonamides is 1. The third-order valence-corrected chi connectivity index (χ3v) is 11.4. The number of likely N-dealkylation sites (N-methyl/N-ethyl adjacent to an activating group) is 1. The normalized spacial score (nSPS) is 13.0. The zero-order valence-corrected chi connectivity index (χ0v) is 36.6. The van der Waals surface area contributed by atoms with Crippen LogP contribution in [0.1, 0.15) is 98.3 Å². The van der Waals surface area contributed by atoms with Crippen molar-refractivity contribution in [1.82, 2.24) is 4.72 Å². The summed E-state index contributed by atoms with van der Waals surface area (Å²) in [4.78, 5) is 47.2. The van der Waals surface area contributed by atoms with Crippen molar-refractivity contribution in [2.24, 2.45) is 10.9 Å². The molecule has 0 fully saturated rings. The monoisotopic (exact) mass is 809 g/mol. The third-order valence-electron chi connectivity index (χ3n) is 10.3. The molecule has 3 aromatic carbocycles. The zero-order chi connectivity index (χ0) is 42.2. The van der Waals surface area contributed by atoms with Crippen molar-refractivity contribution in [2.75, 3.05) is 41.9 Å². The van der Waals surface area contributed by atoms with E-state index in [0.29, 0.717) is 35.7 Å². The van der Waals surface area contributed by atoms with E-state index >= 15 is 0 Å². The number of carbonyl (C=O) groups is 3. The van der Waals surface area contributed by atoms with E-state index in [9.17, 15) is 22.8 Å². The lowest BCUT2D eigenvalue weighted by atomic mass is 9.76. The van der Waals surface area contributed by atoms with Crippen LogP contribution in [0.25, 0.3) is 0 Å². The fourth-order valence-electron chi connectivity index (χ4n) is 5.70. The Morgan fingerprint density at radius 3 is 2.14 bits per heavy atom. The number of nitrogens with zero attached hydrogens (tertiary/aromatic N) is 2. The molecular weight excluding hydrogens is 750 g/mol. The van der Waals surface area contributed by atoms with E-state index < -0.39 is 33.7 Å². The highest BCUT2D eigenvalue weighted by atomic mass is 35.5. The molecule has 1 atom stereocenters. The molecule has 1 unspecified atom stereocenters. The second kappa shape index (κ2) is 19.3. The summed E-state index contributed by atoms with van der Waals surface area (Å²) in [6.45, 7) is 20.8. The first-order chi connectivity index (χ1) is 26.0. The van der Waals surface area contributed by atoms with Gasteiger partial charge in [0.05, 0.1) is 22.7 Å². The number of ketones is 1. The summed E-state index contributed by atoms with van der Waals surface area (Å²) in [5.74, 6) is -1.44. The van der Waals surface area contributed by atoms with E-state index in [4.69, 9.17) is 16.3 Å². The van der Waals surface area contributed by atoms with Gasteiger partial charge in [-0.15, -0.1) is 0 Å². The SMILES string of the molecule is CCC(Oc1ccc(C(C)(C)CC)cc1C(C)(C)CC)C(=O)Nc1ccc(Cl)c(NC(=O)C(=Nc2ccc(N(C)CCNS(C)(=O)=O)cc2C)C(=O)C(C)C)c1. The molecule has 0 aliphatic carbocycles. The largest absolute Gasteiger partial charge is 0.480 e. The van der Waals surface area contributed by atoms with Crippen LogP contribution in [0, 0.1) is 12.8 Å². The minimum absolute atomic E-state index is 0.0137. The minimum atomic E-state index is -3.31. The smallest absolute Gasteiger partial charge is 0.278 e. The predicted molar refractivity (Wildman–Crippen MR) is 231 cm³/mol. The second-order valence-electron chi connectivity index (χ2n) is 15.9. The maximum atomic E-state index is 13.7. The molecule has 0 heterocycles. The topological polar surface area (TPSA) is 146 Å². The standard InChI is InChI=1S/C43H60ClN5O6S/c1-13-36(55-37-21-16-29(42(7,8)14-2)25-32(37)43(9,10)15-3)40(51)46-30-17-19-33(44)35(26-30)48-41(52)38(39(50)27(4)5)47-34-20-18-31(24-28(34)6)49(11)23-22-45-56(12,53)54/h16-21,24-27,36,45H,13-15,22-23H2,1-12H3,(H,46,51)(H,48,52). The van der Waals surface area contributed by atoms with Gasteiger partial charge in [-0.1, -0.05) is 86.0 Å². The van der Waals surface area contributed by atoms with Crippen molar-refractivity contribution in [2.45, 2.75) is 105 Å². The summed E-state index contributed by atoms with van der Waals surface area (Å²) in [7, 11) is -1.48. The molecule has 56 heavy (non-hydrogen) atoms. The Bertz CT molecular complexity index is 2040. The van der Waals surface area contributed by atoms with Crippen molar-refractivity contribution < 1.29 is 27.5 Å². The van der Waals surface area contributed by atoms with E-state index in [1.165, 1.54) is 11.6 Å². The molecule has 0 aliphatic heterocycles. The van der Waals surface area contributed by atoms with E-state index in [-0.39, 0.29) is 39.7 Å². The van der Waals surface area contributed by atoms with Gasteiger partial charge in [-0.3, -0.25) is 14.4 Å². The zero-order valence-electron chi connectivity index (χ0n) is 35.0. The van der Waals surface area contributed by atoms with Crippen LogP contribution in [0.2, 0.25) is 5.02 Å². The molecule has 306 valence electrons. The van der Waals surface area contributed by atoms with Crippen LogP contribution in [0.3, 0.4) is 0 Å². The van der Waals surface area contributed by atoms with E-state index in [2.05, 4.69) is 74.0 Å². The number of benzene rings is 3. The lowest BCUT2D eigenvalue weighted by Crippen LogP contribution is -2.34. The molecule has 3 aromatic rings. The summed E-state index contributed by atoms with van der Waals surface area (Å²) in [5.41, 5.74) is 4.25. The Kier molecular flexibility index (Phi) is 15.9. The van der Waals surface area contributed by atoms with Gasteiger partial charge in [0.2, 0.25) is 10.0 Å². The number of hydrogen-bond donors (Lipinski definition) is 3. The van der Waals surface area contributed by atoms with Crippen LogP contribution in [-0.4, -0.2) is 64.2 Å². The fourth-order valence-corrected chi connectivity index (χ4v) is 6.32. The first-order valence-electron chi connectivity index (χ1n) is 19.2. The third kappa shape index (κ3) is 12.4. The van der Waals surface area contributed by atoms with E-state index in [1.54, 1.807) is 38.1 Å². The summed E-state index contributed by atoms with van der Waals surface area (Å²) in [5, 5.41) is 5.85. The Morgan fingerprint density at radius 2 is 1.57 bits per heavy atom. The van der Waals surface area contributed by atoms with E-state index in [1.807, 2.05) is 37.9 Å². The van der Waals surface area contributed by atoms with Gasteiger partial charge in [0.15, 0.2) is 17.6 Å². The van der Waals surface area contributed by atoms with Crippen LogP contribution in [-0.2, 0) is 35.2 Å². The number of carbonyl (C=O) groups excluding carboxylic acids is 3. The number of Topliss-reactive ketones (excluding diaryl/α,β-unsaturated/α-hetero) is 1. The van der Waals surface area contributed by atoms with Crippen LogP contribution in [0.5, 0.6) is 5.75 Å². The van der Waals surface area contributed by atoms with Crippen molar-refractivity contribution in [3.05, 3.63) is 76.3 Å². The maximum Gasteiger partial charge on any atom is 0.278 e. The number of rotatable bonds is 19. The second-order valence-corrected chi connectivity index (χ2v) is 18.1. The van der Waals surface area contributed by atoms with Crippen LogP contribution in [0.4, 0.5) is 22.7 Å². The molecule has 11 nitrogen and oxygen atoms in total. The fraction of sp³-hybridized carbons (Fsp3) is 0.488. The van der Waals surface area contributed by atoms with Gasteiger partial charge in [0.25, 0.3) is 11.8 Å². The quantitative estimate of drug-likeness (QED) is 0.0811. The Balaban J connectivity index is 1.86. The summed E-state index contributed by atoms with van der Waals surface area (Å²) in [6.07, 6.45) is 2.57. The Hall–Kier alpha value is -4.26. The van der Waals surface area contributed by atoms with Gasteiger partial charge in [0.1, 0.15) is 5.75 Å². The van der Waals surface area contributed by atoms with Gasteiger partial charge in [-0.25, -0.2) is 18.1 Å². The van der Waals surface area contributed by atoms with E-state index in [0.717, 1.165) is 30.3 Å². The lowest BCUT2D eigenvalue weighted by Gasteiger charge is -2.31. The molecule has 0 aromatic heterocycles. The van der Waals surface area contributed by atoms with Gasteiger partial charge < -0.3 is 20.3 Å². The molecule has 0 saturated heterocycles. The average molecular weight is 811 g/mol. The molecule has 2 amide bonds. The van der Waals surface area contributed by atoms with Crippen molar-refractivity contribution in [3.63, 3.8) is 0 Å². The molecule has 3 N–H and O–H groups in total. The van der Waals surface area contributed by atoms with Gasteiger partial charge in [-0.2, -0.15) is 0 Å². The first-order valence-corrected chi connectivity index (χ1v) is 21.4. The predicted octanol–water partition coefficient (Wildman–Crippen LogP) is 8.74. The molecule has 0 aliphatic rings. The molecule has 3 rings (SSSR count). The summed E-state index contributed by atoms with van der Waals surface area (Å²) < 4.78 is 31.8. The number of nitrogens with one attached hydrogen (secondary N) is 3. The van der Waals surface area contributed by atoms with Gasteiger partial charge >= 0.3 is 0 Å². The van der Waals surface area contributed by atoms with Gasteiger partial charge in [0, 0.05) is 43.0 Å². The number of aryl methyl sites for hydroxylation is 1. The Morgan fingerprint density at radius 1 is 0.911 bits per heavy atom. The summed E-state index contributed by atoms with van der Waals surface area (Å²) >= 11 is 6.52. The van der Waals surface area contributed by atoms with Gasteiger partial charge in [-0.05, 0) is 90.6 Å². The number of aliphatic imine (C=N–C) groups is 1. The van der Waals surface area contributed by atoms with Crippen LogP contribution >= 0.6 is 11.6 Å².